The van der Waals surface area contributed by atoms with Crippen LogP contribution >= 0.6 is 15.9 Å². The normalized spacial score (nSPS) is 15.5. The highest BCUT2D eigenvalue weighted by atomic mass is 79.9. The number of aromatic nitrogens is 2. The third kappa shape index (κ3) is 2.22. The van der Waals surface area contributed by atoms with Crippen molar-refractivity contribution in [2.45, 2.75) is 19.3 Å². The van der Waals surface area contributed by atoms with E-state index in [-0.39, 0.29) is 6.04 Å². The van der Waals surface area contributed by atoms with Gasteiger partial charge in [0.15, 0.2) is 0 Å². The standard InChI is InChI=1S/C14H16BrN3O/c1-16-13(14-12(15)6-17-18(14)2)9-3-4-10-7-19-8-11(10)5-9/h3-6,13,16H,7-8H2,1-2H3. The lowest BCUT2D eigenvalue weighted by molar-refractivity contribution is 0.134. The highest BCUT2D eigenvalue weighted by molar-refractivity contribution is 9.10. The molecule has 0 amide bonds. The van der Waals surface area contributed by atoms with Gasteiger partial charge in [-0.25, -0.2) is 0 Å². The lowest BCUT2D eigenvalue weighted by Gasteiger charge is -2.18. The quantitative estimate of drug-likeness (QED) is 0.944. The highest BCUT2D eigenvalue weighted by Gasteiger charge is 2.21. The second kappa shape index (κ2) is 5.07. The summed E-state index contributed by atoms with van der Waals surface area (Å²) in [6.07, 6.45) is 1.83. The average Bonchev–Trinajstić information content (AvgIpc) is 3.00. The van der Waals surface area contributed by atoms with Crippen LogP contribution in [0.4, 0.5) is 0 Å². The minimum Gasteiger partial charge on any atom is -0.372 e. The maximum Gasteiger partial charge on any atom is 0.0757 e. The van der Waals surface area contributed by atoms with Crippen LogP contribution in [0.15, 0.2) is 28.9 Å². The fourth-order valence-corrected chi connectivity index (χ4v) is 3.15. The van der Waals surface area contributed by atoms with E-state index < -0.39 is 0 Å². The van der Waals surface area contributed by atoms with E-state index in [0.717, 1.165) is 16.8 Å². The van der Waals surface area contributed by atoms with Crippen LogP contribution in [-0.4, -0.2) is 16.8 Å². The summed E-state index contributed by atoms with van der Waals surface area (Å²) in [5.74, 6) is 0. The Kier molecular flexibility index (Phi) is 3.43. The van der Waals surface area contributed by atoms with E-state index >= 15 is 0 Å². The third-order valence-electron chi connectivity index (χ3n) is 3.58. The summed E-state index contributed by atoms with van der Waals surface area (Å²) < 4.78 is 8.39. The van der Waals surface area contributed by atoms with Crippen molar-refractivity contribution in [1.82, 2.24) is 15.1 Å². The Balaban J connectivity index is 2.03. The second-order valence-corrected chi connectivity index (χ2v) is 5.60. The predicted octanol–water partition coefficient (Wildman–Crippen LogP) is 2.52. The number of ether oxygens (including phenoxy) is 1. The number of hydrogen-bond donors (Lipinski definition) is 1. The first-order chi connectivity index (χ1) is 9.20. The topological polar surface area (TPSA) is 39.1 Å². The number of rotatable bonds is 3. The zero-order chi connectivity index (χ0) is 13.4. The van der Waals surface area contributed by atoms with Crippen LogP contribution in [0.2, 0.25) is 0 Å². The summed E-state index contributed by atoms with van der Waals surface area (Å²) in [7, 11) is 3.93. The second-order valence-electron chi connectivity index (χ2n) is 4.74. The number of hydrogen-bond acceptors (Lipinski definition) is 3. The minimum atomic E-state index is 0.118. The molecule has 1 aliphatic rings. The first-order valence-corrected chi connectivity index (χ1v) is 7.04. The molecule has 2 aromatic rings. The Morgan fingerprint density at radius 2 is 2.16 bits per heavy atom. The van der Waals surface area contributed by atoms with E-state index in [1.807, 2.05) is 25.0 Å². The molecule has 1 unspecified atom stereocenters. The van der Waals surface area contributed by atoms with Crippen molar-refractivity contribution < 1.29 is 4.74 Å². The van der Waals surface area contributed by atoms with Gasteiger partial charge in [0.2, 0.25) is 0 Å². The Labute approximate surface area is 120 Å². The molecular weight excluding hydrogens is 306 g/mol. The van der Waals surface area contributed by atoms with E-state index in [2.05, 4.69) is 44.5 Å². The van der Waals surface area contributed by atoms with Crippen LogP contribution in [0, 0.1) is 0 Å². The number of fused-ring (bicyclic) bond motifs is 1. The van der Waals surface area contributed by atoms with Gasteiger partial charge in [-0.3, -0.25) is 4.68 Å². The van der Waals surface area contributed by atoms with Gasteiger partial charge in [0, 0.05) is 7.05 Å². The lowest BCUT2D eigenvalue weighted by atomic mass is 9.99. The average molecular weight is 322 g/mol. The van der Waals surface area contributed by atoms with Crippen molar-refractivity contribution in [1.29, 1.82) is 0 Å². The summed E-state index contributed by atoms with van der Waals surface area (Å²) in [5.41, 5.74) is 4.94. The van der Waals surface area contributed by atoms with Gasteiger partial charge in [0.05, 0.1) is 35.6 Å². The van der Waals surface area contributed by atoms with Crippen LogP contribution in [0.3, 0.4) is 0 Å². The fourth-order valence-electron chi connectivity index (χ4n) is 2.58. The van der Waals surface area contributed by atoms with Crippen LogP contribution in [0.5, 0.6) is 0 Å². The number of aryl methyl sites for hydroxylation is 1. The number of nitrogens with zero attached hydrogens (tertiary/aromatic N) is 2. The van der Waals surface area contributed by atoms with Gasteiger partial charge in [0.25, 0.3) is 0 Å². The maximum atomic E-state index is 5.47. The largest absolute Gasteiger partial charge is 0.372 e. The van der Waals surface area contributed by atoms with E-state index in [9.17, 15) is 0 Å². The van der Waals surface area contributed by atoms with Gasteiger partial charge >= 0.3 is 0 Å². The molecule has 0 fully saturated rings. The van der Waals surface area contributed by atoms with Crippen LogP contribution in [-0.2, 0) is 25.0 Å². The summed E-state index contributed by atoms with van der Waals surface area (Å²) in [6.45, 7) is 1.45. The summed E-state index contributed by atoms with van der Waals surface area (Å²) in [6, 6.07) is 6.66. The molecule has 1 atom stereocenters. The molecule has 5 heteroatoms. The van der Waals surface area contributed by atoms with Crippen LogP contribution in [0.1, 0.15) is 28.4 Å². The van der Waals surface area contributed by atoms with Crippen molar-refractivity contribution in [2.75, 3.05) is 7.05 Å². The van der Waals surface area contributed by atoms with Crippen molar-refractivity contribution in [3.63, 3.8) is 0 Å². The number of nitrogens with one attached hydrogen (secondary N) is 1. The van der Waals surface area contributed by atoms with E-state index in [1.54, 1.807) is 0 Å². The molecule has 19 heavy (non-hydrogen) atoms. The smallest absolute Gasteiger partial charge is 0.0757 e. The molecule has 1 aromatic carbocycles. The molecule has 0 spiro atoms. The summed E-state index contributed by atoms with van der Waals surface area (Å²) in [5, 5.41) is 7.65. The first-order valence-electron chi connectivity index (χ1n) is 6.25. The zero-order valence-electron chi connectivity index (χ0n) is 11.0. The van der Waals surface area contributed by atoms with Crippen molar-refractivity contribution in [3.8, 4) is 0 Å². The highest BCUT2D eigenvalue weighted by Crippen LogP contribution is 2.30. The molecule has 0 radical (unpaired) electrons. The fraction of sp³-hybridized carbons (Fsp3) is 0.357. The molecule has 0 saturated carbocycles. The number of benzene rings is 1. The number of halogens is 1. The van der Waals surface area contributed by atoms with Crippen molar-refractivity contribution >= 4 is 15.9 Å². The van der Waals surface area contributed by atoms with Gasteiger partial charge in [0.1, 0.15) is 0 Å². The van der Waals surface area contributed by atoms with Crippen molar-refractivity contribution in [3.05, 3.63) is 51.3 Å². The molecule has 1 N–H and O–H groups in total. The molecule has 1 aliphatic heterocycles. The minimum absolute atomic E-state index is 0.118. The predicted molar refractivity (Wildman–Crippen MR) is 76.7 cm³/mol. The van der Waals surface area contributed by atoms with Gasteiger partial charge in [-0.2, -0.15) is 5.10 Å². The Hall–Kier alpha value is -1.17. The van der Waals surface area contributed by atoms with Gasteiger partial charge in [-0.15, -0.1) is 0 Å². The summed E-state index contributed by atoms with van der Waals surface area (Å²) in [4.78, 5) is 0. The zero-order valence-corrected chi connectivity index (χ0v) is 12.6. The lowest BCUT2D eigenvalue weighted by Crippen LogP contribution is -2.21. The molecule has 2 heterocycles. The van der Waals surface area contributed by atoms with E-state index in [0.29, 0.717) is 6.61 Å². The Morgan fingerprint density at radius 1 is 1.37 bits per heavy atom. The molecule has 1 aromatic heterocycles. The van der Waals surface area contributed by atoms with Crippen molar-refractivity contribution in [2.24, 2.45) is 7.05 Å². The third-order valence-corrected chi connectivity index (χ3v) is 4.19. The first kappa shape index (κ1) is 12.8. The molecule has 0 saturated heterocycles. The monoisotopic (exact) mass is 321 g/mol. The molecule has 0 bridgehead atoms. The molecule has 100 valence electrons. The SMILES string of the molecule is CNC(c1ccc2c(c1)COC2)c1c(Br)cnn1C. The molecule has 4 nitrogen and oxygen atoms in total. The van der Waals surface area contributed by atoms with Gasteiger partial charge in [-0.05, 0) is 39.7 Å². The van der Waals surface area contributed by atoms with Gasteiger partial charge < -0.3 is 10.1 Å². The summed E-state index contributed by atoms with van der Waals surface area (Å²) >= 11 is 3.57. The molecule has 3 rings (SSSR count). The van der Waals surface area contributed by atoms with Gasteiger partial charge in [-0.1, -0.05) is 18.2 Å². The van der Waals surface area contributed by atoms with E-state index in [1.165, 1.54) is 16.7 Å². The van der Waals surface area contributed by atoms with Crippen LogP contribution in [0.25, 0.3) is 0 Å². The molecule has 0 aliphatic carbocycles. The Morgan fingerprint density at radius 3 is 2.84 bits per heavy atom. The Bertz CT molecular complexity index is 589. The van der Waals surface area contributed by atoms with E-state index in [4.69, 9.17) is 4.74 Å². The maximum absolute atomic E-state index is 5.47. The van der Waals surface area contributed by atoms with Crippen LogP contribution < -0.4 is 5.32 Å². The molecular formula is C14H16BrN3O.